The molecule has 0 bridgehead atoms. The molecule has 0 radical (unpaired) electrons. The van der Waals surface area contributed by atoms with Crippen molar-refractivity contribution in [3.05, 3.63) is 76.4 Å². The highest BCUT2D eigenvalue weighted by molar-refractivity contribution is 7.16. The normalized spacial score (nSPS) is 10.9. The van der Waals surface area contributed by atoms with Crippen molar-refractivity contribution in [2.24, 2.45) is 0 Å². The molecule has 0 amide bonds. The second-order valence-electron chi connectivity index (χ2n) is 7.17. The van der Waals surface area contributed by atoms with E-state index in [9.17, 15) is 4.79 Å². The third-order valence-electron chi connectivity index (χ3n) is 4.85. The topological polar surface area (TPSA) is 81.5 Å². The summed E-state index contributed by atoms with van der Waals surface area (Å²) < 4.78 is 0. The van der Waals surface area contributed by atoms with E-state index in [1.807, 2.05) is 51.2 Å². The van der Waals surface area contributed by atoms with Crippen molar-refractivity contribution in [1.82, 2.24) is 25.1 Å². The maximum atomic E-state index is 12.6. The molecule has 4 heterocycles. The molecule has 0 N–H and O–H groups in total. The van der Waals surface area contributed by atoms with Gasteiger partial charge in [0.15, 0.2) is 10.8 Å². The maximum Gasteiger partial charge on any atom is 0.193 e. The molecule has 4 aromatic rings. The van der Waals surface area contributed by atoms with Crippen LogP contribution in [0.1, 0.15) is 38.7 Å². The molecule has 0 unspecified atom stereocenters. The molecule has 0 saturated heterocycles. The number of hydrogen-bond donors (Lipinski definition) is 0. The Kier molecular flexibility index (Phi) is 5.72. The third kappa shape index (κ3) is 4.31. The molecule has 150 valence electrons. The second-order valence-corrected chi connectivity index (χ2v) is 8.14. The van der Waals surface area contributed by atoms with E-state index < -0.39 is 0 Å². The Morgan fingerprint density at radius 2 is 1.87 bits per heavy atom. The molecule has 0 aliphatic carbocycles. The molecule has 0 saturated carbocycles. The van der Waals surface area contributed by atoms with Crippen LogP contribution in [0.15, 0.2) is 48.9 Å². The van der Waals surface area contributed by atoms with Gasteiger partial charge in [-0.25, -0.2) is 0 Å². The molecule has 0 aromatic carbocycles. The van der Waals surface area contributed by atoms with E-state index in [0.29, 0.717) is 17.8 Å². The summed E-state index contributed by atoms with van der Waals surface area (Å²) in [5, 5.41) is 9.43. The minimum Gasteiger partial charge on any atom is -0.291 e. The molecule has 0 spiro atoms. The lowest BCUT2D eigenvalue weighted by atomic mass is 10.0. The molecule has 0 aliphatic rings. The number of pyridine rings is 3. The average molecular weight is 416 g/mol. The smallest absolute Gasteiger partial charge is 0.193 e. The Morgan fingerprint density at radius 3 is 2.63 bits per heavy atom. The predicted octanol–water partition coefficient (Wildman–Crippen LogP) is 4.80. The zero-order valence-electron chi connectivity index (χ0n) is 17.1. The van der Waals surface area contributed by atoms with Crippen LogP contribution in [0.5, 0.6) is 0 Å². The van der Waals surface area contributed by atoms with Crippen molar-refractivity contribution in [3.8, 4) is 21.8 Å². The summed E-state index contributed by atoms with van der Waals surface area (Å²) in [7, 11) is 0. The summed E-state index contributed by atoms with van der Waals surface area (Å²) >= 11 is 1.31. The predicted molar refractivity (Wildman–Crippen MR) is 117 cm³/mol. The number of carbonyl (C=O) groups is 1. The minimum absolute atomic E-state index is 0.00761. The van der Waals surface area contributed by atoms with Gasteiger partial charge in [0.05, 0.1) is 5.69 Å². The zero-order valence-corrected chi connectivity index (χ0v) is 17.9. The fourth-order valence-electron chi connectivity index (χ4n) is 3.28. The first-order valence-corrected chi connectivity index (χ1v) is 10.5. The van der Waals surface area contributed by atoms with Crippen molar-refractivity contribution in [2.75, 3.05) is 0 Å². The molecule has 4 aromatic heterocycles. The number of nitrogens with zero attached hydrogens (tertiary/aromatic N) is 5. The summed E-state index contributed by atoms with van der Waals surface area (Å²) in [6.07, 6.45) is 6.36. The largest absolute Gasteiger partial charge is 0.291 e. The van der Waals surface area contributed by atoms with E-state index in [1.165, 1.54) is 11.3 Å². The van der Waals surface area contributed by atoms with E-state index in [0.717, 1.165) is 44.3 Å². The Morgan fingerprint density at radius 1 is 1.00 bits per heavy atom. The highest BCUT2D eigenvalue weighted by Crippen LogP contribution is 2.26. The number of rotatable bonds is 6. The maximum absolute atomic E-state index is 12.6. The van der Waals surface area contributed by atoms with Gasteiger partial charge in [-0.2, -0.15) is 0 Å². The number of hydrogen-bond acceptors (Lipinski definition) is 7. The first-order valence-electron chi connectivity index (χ1n) is 9.68. The summed E-state index contributed by atoms with van der Waals surface area (Å²) in [6, 6.07) is 9.88. The molecule has 0 fully saturated rings. The van der Waals surface area contributed by atoms with E-state index in [-0.39, 0.29) is 5.78 Å². The molecule has 0 atom stereocenters. The average Bonchev–Trinajstić information content (AvgIpc) is 3.22. The fraction of sp³-hybridized carbons (Fsp3) is 0.217. The first kappa shape index (κ1) is 20.0. The molecular formula is C23H21N5OS. The molecule has 6 nitrogen and oxygen atoms in total. The van der Waals surface area contributed by atoms with Crippen LogP contribution in [0.2, 0.25) is 0 Å². The number of aromatic nitrogens is 5. The zero-order chi connectivity index (χ0) is 21.1. The fourth-order valence-corrected chi connectivity index (χ4v) is 4.17. The van der Waals surface area contributed by atoms with Crippen LogP contribution in [0.25, 0.3) is 21.8 Å². The Hall–Kier alpha value is -3.32. The molecule has 30 heavy (non-hydrogen) atoms. The lowest BCUT2D eigenvalue weighted by Gasteiger charge is -2.08. The molecule has 4 rings (SSSR count). The molecule has 7 heteroatoms. The Bertz CT molecular complexity index is 1220. The van der Waals surface area contributed by atoms with Crippen LogP contribution in [0, 0.1) is 20.8 Å². The van der Waals surface area contributed by atoms with Crippen molar-refractivity contribution in [3.63, 3.8) is 0 Å². The minimum atomic E-state index is -0.00761. The van der Waals surface area contributed by atoms with Crippen molar-refractivity contribution in [1.29, 1.82) is 0 Å². The van der Waals surface area contributed by atoms with E-state index in [1.54, 1.807) is 12.4 Å². The number of aryl methyl sites for hydroxylation is 4. The monoisotopic (exact) mass is 415 g/mol. The van der Waals surface area contributed by atoms with Crippen molar-refractivity contribution in [2.45, 2.75) is 33.6 Å². The van der Waals surface area contributed by atoms with Crippen molar-refractivity contribution >= 4 is 17.1 Å². The summed E-state index contributed by atoms with van der Waals surface area (Å²) in [4.78, 5) is 25.8. The van der Waals surface area contributed by atoms with E-state index in [4.69, 9.17) is 0 Å². The lowest BCUT2D eigenvalue weighted by Crippen LogP contribution is -2.02. The van der Waals surface area contributed by atoms with Crippen LogP contribution in [-0.4, -0.2) is 30.9 Å². The van der Waals surface area contributed by atoms with Gasteiger partial charge in [-0.15, -0.1) is 10.2 Å². The number of ketones is 1. The second kappa shape index (κ2) is 8.59. The SMILES string of the molecule is Cc1cc(-c2ncc(CCC(=O)c3nnc(-c4cccnc4C)s3)cc2C)ccn1. The summed E-state index contributed by atoms with van der Waals surface area (Å²) in [6.45, 7) is 5.93. The summed E-state index contributed by atoms with van der Waals surface area (Å²) in [5.74, 6) is -0.00761. The Labute approximate surface area is 179 Å². The molecular weight excluding hydrogens is 394 g/mol. The van der Waals surface area contributed by atoms with Crippen LogP contribution in [0.3, 0.4) is 0 Å². The van der Waals surface area contributed by atoms with Gasteiger partial charge in [-0.05, 0) is 62.6 Å². The quantitative estimate of drug-likeness (QED) is 0.421. The van der Waals surface area contributed by atoms with Crippen LogP contribution >= 0.6 is 11.3 Å². The standard InChI is InChI=1S/C23H21N5OS/c1-14-11-17(13-26-21(14)18-8-10-24-15(2)12-18)6-7-20(29)23-28-27-22(30-23)19-5-4-9-25-16(19)3/h4-5,8-13H,6-7H2,1-3H3. The van der Waals surface area contributed by atoms with Gasteiger partial charge >= 0.3 is 0 Å². The van der Waals surface area contributed by atoms with Crippen LogP contribution in [-0.2, 0) is 6.42 Å². The highest BCUT2D eigenvalue weighted by Gasteiger charge is 2.16. The third-order valence-corrected chi connectivity index (χ3v) is 5.84. The van der Waals surface area contributed by atoms with Crippen LogP contribution < -0.4 is 0 Å². The van der Waals surface area contributed by atoms with E-state index >= 15 is 0 Å². The van der Waals surface area contributed by atoms with Gasteiger partial charge in [0.25, 0.3) is 0 Å². The van der Waals surface area contributed by atoms with Gasteiger partial charge in [0.1, 0.15) is 5.01 Å². The Balaban J connectivity index is 1.44. The molecule has 0 aliphatic heterocycles. The first-order chi connectivity index (χ1) is 14.5. The number of Topliss-reactive ketones (excluding diaryl/α,β-unsaturated/α-hetero) is 1. The number of carbonyl (C=O) groups excluding carboxylic acids is 1. The van der Waals surface area contributed by atoms with Crippen molar-refractivity contribution < 1.29 is 4.79 Å². The highest BCUT2D eigenvalue weighted by atomic mass is 32.1. The lowest BCUT2D eigenvalue weighted by molar-refractivity contribution is 0.0981. The van der Waals surface area contributed by atoms with Gasteiger partial charge in [0.2, 0.25) is 0 Å². The van der Waals surface area contributed by atoms with E-state index in [2.05, 4.69) is 31.2 Å². The van der Waals surface area contributed by atoms with Gasteiger partial charge < -0.3 is 0 Å². The van der Waals surface area contributed by atoms with Gasteiger partial charge in [-0.3, -0.25) is 19.7 Å². The van der Waals surface area contributed by atoms with Gasteiger partial charge in [-0.1, -0.05) is 17.4 Å². The summed E-state index contributed by atoms with van der Waals surface area (Å²) in [5.41, 5.74) is 6.85. The van der Waals surface area contributed by atoms with Gasteiger partial charge in [0, 0.05) is 47.5 Å². The van der Waals surface area contributed by atoms with Crippen LogP contribution in [0.4, 0.5) is 0 Å².